The maximum Gasteiger partial charge on any atom is 0.214 e. The highest BCUT2D eigenvalue weighted by Gasteiger charge is 2.06. The van der Waals surface area contributed by atoms with Gasteiger partial charge in [0, 0.05) is 27.3 Å². The topological polar surface area (TPSA) is 80.9 Å². The lowest BCUT2D eigenvalue weighted by Gasteiger charge is -2.10. The van der Waals surface area contributed by atoms with Gasteiger partial charge in [-0.2, -0.15) is 0 Å². The quantitative estimate of drug-likeness (QED) is 0.251. The van der Waals surface area contributed by atoms with Gasteiger partial charge in [-0.25, -0.2) is 4.98 Å². The van der Waals surface area contributed by atoms with Crippen LogP contribution in [0.3, 0.4) is 0 Å². The van der Waals surface area contributed by atoms with E-state index in [1.165, 1.54) is 0 Å². The largest absolute Gasteiger partial charge is 0.444 e. The highest BCUT2D eigenvalue weighted by atomic mass is 127. The molecule has 0 radical (unpaired) electrons. The number of methoxy groups -OCH3 is 1. The number of aryl methyl sites for hydroxylation is 2. The lowest BCUT2D eigenvalue weighted by molar-refractivity contribution is 0.0689. The van der Waals surface area contributed by atoms with E-state index in [4.69, 9.17) is 13.9 Å². The fraction of sp³-hybridized carbons (Fsp3) is 0.733. The van der Waals surface area contributed by atoms with Crippen molar-refractivity contribution in [3.8, 4) is 0 Å². The van der Waals surface area contributed by atoms with Crippen LogP contribution in [0.4, 0.5) is 0 Å². The van der Waals surface area contributed by atoms with Gasteiger partial charge in [0.2, 0.25) is 5.89 Å². The number of aromatic nitrogens is 1. The molecule has 0 spiro atoms. The van der Waals surface area contributed by atoms with Crippen molar-refractivity contribution in [1.29, 1.82) is 0 Å². The number of oxazole rings is 1. The SMILES string of the molecule is CN=C(NCCCCOCCOC)NCc1nc(C)c(C)o1.I. The minimum atomic E-state index is 0. The van der Waals surface area contributed by atoms with Gasteiger partial charge in [-0.1, -0.05) is 0 Å². The predicted octanol–water partition coefficient (Wildman–Crippen LogP) is 2.02. The molecule has 1 aromatic heterocycles. The third-order valence-corrected chi connectivity index (χ3v) is 3.14. The molecule has 1 rings (SSSR count). The van der Waals surface area contributed by atoms with E-state index >= 15 is 0 Å². The van der Waals surface area contributed by atoms with Crippen LogP contribution in [0.25, 0.3) is 0 Å². The number of hydrogen-bond acceptors (Lipinski definition) is 5. The third-order valence-electron chi connectivity index (χ3n) is 3.14. The van der Waals surface area contributed by atoms with Crippen molar-refractivity contribution in [3.05, 3.63) is 17.3 Å². The highest BCUT2D eigenvalue weighted by Crippen LogP contribution is 2.07. The number of nitrogens with zero attached hydrogens (tertiary/aromatic N) is 2. The van der Waals surface area contributed by atoms with Crippen molar-refractivity contribution in [2.24, 2.45) is 4.99 Å². The van der Waals surface area contributed by atoms with E-state index in [1.807, 2.05) is 13.8 Å². The van der Waals surface area contributed by atoms with Gasteiger partial charge in [0.1, 0.15) is 5.76 Å². The molecule has 0 unspecified atom stereocenters. The van der Waals surface area contributed by atoms with E-state index < -0.39 is 0 Å². The van der Waals surface area contributed by atoms with Gasteiger partial charge in [0.25, 0.3) is 0 Å². The van der Waals surface area contributed by atoms with E-state index in [0.29, 0.717) is 25.6 Å². The molecule has 8 heteroatoms. The van der Waals surface area contributed by atoms with Gasteiger partial charge in [-0.05, 0) is 26.7 Å². The van der Waals surface area contributed by atoms with E-state index in [1.54, 1.807) is 14.2 Å². The summed E-state index contributed by atoms with van der Waals surface area (Å²) in [4.78, 5) is 8.49. The molecule has 0 aliphatic rings. The molecule has 0 amide bonds. The van der Waals surface area contributed by atoms with Crippen molar-refractivity contribution < 1.29 is 13.9 Å². The number of unbranched alkanes of at least 4 members (excludes halogenated alkanes) is 1. The first-order valence-electron chi connectivity index (χ1n) is 7.61. The van der Waals surface area contributed by atoms with Gasteiger partial charge in [-0.3, -0.25) is 4.99 Å². The van der Waals surface area contributed by atoms with E-state index in [2.05, 4.69) is 20.6 Å². The minimum absolute atomic E-state index is 0. The second-order valence-electron chi connectivity index (χ2n) is 4.91. The Balaban J connectivity index is 0.00000484. The summed E-state index contributed by atoms with van der Waals surface area (Å²) in [5.74, 6) is 2.27. The first-order chi connectivity index (χ1) is 10.7. The van der Waals surface area contributed by atoms with Crippen LogP contribution in [0.2, 0.25) is 0 Å². The Morgan fingerprint density at radius 3 is 2.57 bits per heavy atom. The summed E-state index contributed by atoms with van der Waals surface area (Å²) in [5.41, 5.74) is 0.924. The van der Waals surface area contributed by atoms with Crippen molar-refractivity contribution >= 4 is 29.9 Å². The van der Waals surface area contributed by atoms with Crippen molar-refractivity contribution in [1.82, 2.24) is 15.6 Å². The molecular weight excluding hydrogens is 411 g/mol. The Morgan fingerprint density at radius 2 is 1.96 bits per heavy atom. The fourth-order valence-corrected chi connectivity index (χ4v) is 1.77. The Hall–Kier alpha value is -0.870. The molecule has 0 atom stereocenters. The summed E-state index contributed by atoms with van der Waals surface area (Å²) in [5, 5.41) is 6.43. The molecule has 0 aliphatic heterocycles. The molecule has 2 N–H and O–H groups in total. The van der Waals surface area contributed by atoms with Crippen molar-refractivity contribution in [2.45, 2.75) is 33.2 Å². The summed E-state index contributed by atoms with van der Waals surface area (Å²) in [6.07, 6.45) is 2.02. The fourth-order valence-electron chi connectivity index (χ4n) is 1.77. The second kappa shape index (κ2) is 13.6. The summed E-state index contributed by atoms with van der Waals surface area (Å²) in [7, 11) is 3.42. The van der Waals surface area contributed by atoms with E-state index in [9.17, 15) is 0 Å². The second-order valence-corrected chi connectivity index (χ2v) is 4.91. The predicted molar refractivity (Wildman–Crippen MR) is 102 cm³/mol. The van der Waals surface area contributed by atoms with Crippen molar-refractivity contribution in [2.75, 3.05) is 40.5 Å². The number of nitrogens with one attached hydrogen (secondary N) is 2. The zero-order valence-electron chi connectivity index (χ0n) is 14.5. The van der Waals surface area contributed by atoms with Crippen LogP contribution in [0.1, 0.15) is 30.2 Å². The average molecular weight is 440 g/mol. The summed E-state index contributed by atoms with van der Waals surface area (Å²) in [6, 6.07) is 0. The van der Waals surface area contributed by atoms with Gasteiger partial charge in [0.05, 0.1) is 25.5 Å². The summed E-state index contributed by atoms with van der Waals surface area (Å²) in [6.45, 7) is 7.27. The molecule has 0 bridgehead atoms. The van der Waals surface area contributed by atoms with Gasteiger partial charge in [-0.15, -0.1) is 24.0 Å². The Labute approximate surface area is 155 Å². The number of aliphatic imine (C=N–C) groups is 1. The average Bonchev–Trinajstić information content (AvgIpc) is 2.83. The standard InChI is InChI=1S/C15H28N4O3.HI/c1-12-13(2)22-14(19-12)11-18-15(16-3)17-7-5-6-8-21-10-9-20-4;/h5-11H2,1-4H3,(H2,16,17,18);1H. The van der Waals surface area contributed by atoms with Crippen LogP contribution < -0.4 is 10.6 Å². The van der Waals surface area contributed by atoms with Crippen LogP contribution in [0.5, 0.6) is 0 Å². The number of rotatable bonds is 10. The maximum absolute atomic E-state index is 5.52. The molecule has 7 nitrogen and oxygen atoms in total. The monoisotopic (exact) mass is 440 g/mol. The number of guanidine groups is 1. The molecule has 0 fully saturated rings. The molecule has 0 aliphatic carbocycles. The normalized spacial score (nSPS) is 11.2. The van der Waals surface area contributed by atoms with E-state index in [-0.39, 0.29) is 24.0 Å². The highest BCUT2D eigenvalue weighted by molar-refractivity contribution is 14.0. The molecule has 0 saturated heterocycles. The summed E-state index contributed by atoms with van der Waals surface area (Å²) < 4.78 is 15.8. The lowest BCUT2D eigenvalue weighted by Crippen LogP contribution is -2.37. The van der Waals surface area contributed by atoms with E-state index in [0.717, 1.165) is 43.4 Å². The smallest absolute Gasteiger partial charge is 0.214 e. The minimum Gasteiger partial charge on any atom is -0.444 e. The van der Waals surface area contributed by atoms with Gasteiger partial charge < -0.3 is 24.5 Å². The first-order valence-corrected chi connectivity index (χ1v) is 7.61. The molecule has 0 aromatic carbocycles. The number of ether oxygens (including phenoxy) is 2. The Bertz CT molecular complexity index is 432. The molecular formula is C15H29IN4O3. The molecule has 1 aromatic rings. The van der Waals surface area contributed by atoms with Crippen LogP contribution in [0, 0.1) is 13.8 Å². The van der Waals surface area contributed by atoms with Gasteiger partial charge in [0.15, 0.2) is 5.96 Å². The Morgan fingerprint density at radius 1 is 1.17 bits per heavy atom. The lowest BCUT2D eigenvalue weighted by atomic mass is 10.3. The Kier molecular flexibility index (Phi) is 13.0. The van der Waals surface area contributed by atoms with Crippen LogP contribution >= 0.6 is 24.0 Å². The zero-order valence-corrected chi connectivity index (χ0v) is 16.8. The first kappa shape index (κ1) is 22.1. The van der Waals surface area contributed by atoms with Crippen LogP contribution in [-0.4, -0.2) is 51.5 Å². The number of halogens is 1. The molecule has 0 saturated carbocycles. The molecule has 23 heavy (non-hydrogen) atoms. The summed E-state index contributed by atoms with van der Waals surface area (Å²) >= 11 is 0. The van der Waals surface area contributed by atoms with Crippen LogP contribution in [-0.2, 0) is 16.0 Å². The molecule has 1 heterocycles. The van der Waals surface area contributed by atoms with Crippen molar-refractivity contribution in [3.63, 3.8) is 0 Å². The zero-order chi connectivity index (χ0) is 16.2. The number of hydrogen-bond donors (Lipinski definition) is 2. The van der Waals surface area contributed by atoms with Crippen LogP contribution in [0.15, 0.2) is 9.41 Å². The van der Waals surface area contributed by atoms with Gasteiger partial charge >= 0.3 is 0 Å². The maximum atomic E-state index is 5.52. The third kappa shape index (κ3) is 9.77. The molecule has 134 valence electrons.